The zero-order chi connectivity index (χ0) is 20.0. The van der Waals surface area contributed by atoms with Gasteiger partial charge in [0, 0.05) is 19.0 Å². The fraction of sp³-hybridized carbons (Fsp3) is 0.619. The maximum absolute atomic E-state index is 12.6. The minimum absolute atomic E-state index is 0.000460. The Bertz CT molecular complexity index is 635. The molecule has 1 amide bonds. The van der Waals surface area contributed by atoms with Crippen LogP contribution in [0.3, 0.4) is 0 Å². The Balaban J connectivity index is 2.16. The summed E-state index contributed by atoms with van der Waals surface area (Å²) in [6.07, 6.45) is 0.739. The van der Waals surface area contributed by atoms with Crippen molar-refractivity contribution in [1.82, 2.24) is 4.90 Å². The number of esters is 1. The first-order valence-electron chi connectivity index (χ1n) is 9.55. The lowest BCUT2D eigenvalue weighted by Crippen LogP contribution is -2.46. The maximum atomic E-state index is 12.6. The number of carbonyl (C=O) groups excluding carboxylic acids is 2. The molecule has 1 saturated heterocycles. The molecule has 27 heavy (non-hydrogen) atoms. The number of aliphatic hydroxyl groups is 1. The topological polar surface area (TPSA) is 76.1 Å². The van der Waals surface area contributed by atoms with Crippen molar-refractivity contribution in [1.29, 1.82) is 0 Å². The first kappa shape index (κ1) is 21.2. The molecule has 1 aromatic carbocycles. The quantitative estimate of drug-likeness (QED) is 0.795. The summed E-state index contributed by atoms with van der Waals surface area (Å²) in [6, 6.07) is 7.75. The highest BCUT2D eigenvalue weighted by Gasteiger charge is 2.34. The second-order valence-electron chi connectivity index (χ2n) is 8.09. The summed E-state index contributed by atoms with van der Waals surface area (Å²) in [5.74, 6) is -0.103. The molecule has 2 unspecified atom stereocenters. The van der Waals surface area contributed by atoms with Gasteiger partial charge in [-0.3, -0.25) is 4.79 Å². The van der Waals surface area contributed by atoms with Crippen molar-refractivity contribution >= 4 is 12.1 Å². The van der Waals surface area contributed by atoms with Crippen LogP contribution in [0.1, 0.15) is 57.6 Å². The summed E-state index contributed by atoms with van der Waals surface area (Å²) in [5, 5.41) is 9.23. The molecule has 1 aliphatic heterocycles. The minimum atomic E-state index is -0.566. The van der Waals surface area contributed by atoms with Gasteiger partial charge in [-0.2, -0.15) is 0 Å². The summed E-state index contributed by atoms with van der Waals surface area (Å²) in [5.41, 5.74) is 1.37. The Morgan fingerprint density at radius 1 is 1.19 bits per heavy atom. The van der Waals surface area contributed by atoms with Crippen molar-refractivity contribution in [2.75, 3.05) is 19.7 Å². The van der Waals surface area contributed by atoms with Crippen LogP contribution in [0.2, 0.25) is 0 Å². The van der Waals surface area contributed by atoms with Gasteiger partial charge < -0.3 is 19.5 Å². The van der Waals surface area contributed by atoms with E-state index in [4.69, 9.17) is 9.47 Å². The number of nitrogens with zero attached hydrogens (tertiary/aromatic N) is 1. The molecule has 1 heterocycles. The van der Waals surface area contributed by atoms with Gasteiger partial charge in [0.05, 0.1) is 19.6 Å². The lowest BCUT2D eigenvalue weighted by Gasteiger charge is -2.38. The van der Waals surface area contributed by atoms with Crippen LogP contribution in [0.25, 0.3) is 0 Å². The normalized spacial score (nSPS) is 20.3. The van der Waals surface area contributed by atoms with Crippen LogP contribution in [0.5, 0.6) is 0 Å². The van der Waals surface area contributed by atoms with Crippen molar-refractivity contribution in [2.24, 2.45) is 5.92 Å². The Morgan fingerprint density at radius 2 is 1.85 bits per heavy atom. The number of ether oxygens (including phenoxy) is 2. The van der Waals surface area contributed by atoms with Crippen LogP contribution in [-0.2, 0) is 20.9 Å². The number of hydrogen-bond donors (Lipinski definition) is 1. The van der Waals surface area contributed by atoms with Crippen molar-refractivity contribution in [3.8, 4) is 0 Å². The molecule has 6 heteroatoms. The van der Waals surface area contributed by atoms with Crippen molar-refractivity contribution in [2.45, 2.75) is 58.7 Å². The van der Waals surface area contributed by atoms with Crippen molar-refractivity contribution in [3.05, 3.63) is 35.4 Å². The molecule has 1 aliphatic rings. The van der Waals surface area contributed by atoms with Gasteiger partial charge in [-0.25, -0.2) is 4.79 Å². The van der Waals surface area contributed by atoms with E-state index in [0.717, 1.165) is 17.5 Å². The van der Waals surface area contributed by atoms with Crippen LogP contribution in [-0.4, -0.2) is 47.4 Å². The third kappa shape index (κ3) is 6.54. The van der Waals surface area contributed by atoms with E-state index in [0.29, 0.717) is 26.1 Å². The Kier molecular flexibility index (Phi) is 7.25. The van der Waals surface area contributed by atoms with Gasteiger partial charge >= 0.3 is 12.1 Å². The first-order valence-corrected chi connectivity index (χ1v) is 9.55. The number of hydrogen-bond acceptors (Lipinski definition) is 5. The molecule has 1 N–H and O–H groups in total. The van der Waals surface area contributed by atoms with E-state index in [1.807, 2.05) is 45.0 Å². The largest absolute Gasteiger partial charge is 0.466 e. The Morgan fingerprint density at radius 3 is 2.41 bits per heavy atom. The van der Waals surface area contributed by atoms with E-state index in [1.165, 1.54) is 0 Å². The third-order valence-corrected chi connectivity index (χ3v) is 4.58. The van der Waals surface area contributed by atoms with Gasteiger partial charge in [0.15, 0.2) is 0 Å². The molecule has 6 nitrogen and oxygen atoms in total. The van der Waals surface area contributed by atoms with E-state index >= 15 is 0 Å². The number of amides is 1. The van der Waals surface area contributed by atoms with Gasteiger partial charge in [-0.05, 0) is 51.2 Å². The Hall–Kier alpha value is -2.08. The predicted molar refractivity (Wildman–Crippen MR) is 102 cm³/mol. The van der Waals surface area contributed by atoms with E-state index < -0.39 is 5.60 Å². The second kappa shape index (κ2) is 9.22. The summed E-state index contributed by atoms with van der Waals surface area (Å²) in [6.45, 7) is 8.71. The van der Waals surface area contributed by atoms with Gasteiger partial charge in [-0.15, -0.1) is 0 Å². The number of rotatable bonds is 5. The molecule has 2 rings (SSSR count). The van der Waals surface area contributed by atoms with Crippen LogP contribution >= 0.6 is 0 Å². The monoisotopic (exact) mass is 377 g/mol. The molecule has 2 atom stereocenters. The zero-order valence-corrected chi connectivity index (χ0v) is 16.7. The lowest BCUT2D eigenvalue weighted by atomic mass is 9.83. The van der Waals surface area contributed by atoms with E-state index in [-0.39, 0.29) is 30.5 Å². The SMILES string of the molecule is CCOC(=O)CC1CC(c2ccc(CO)cc2)CN(C(=O)OC(C)(C)C)C1. The van der Waals surface area contributed by atoms with Gasteiger partial charge in [0.25, 0.3) is 0 Å². The molecule has 0 aliphatic carbocycles. The number of carbonyl (C=O) groups is 2. The van der Waals surface area contributed by atoms with Gasteiger partial charge in [0.2, 0.25) is 0 Å². The smallest absolute Gasteiger partial charge is 0.410 e. The minimum Gasteiger partial charge on any atom is -0.466 e. The summed E-state index contributed by atoms with van der Waals surface area (Å²) >= 11 is 0. The van der Waals surface area contributed by atoms with Crippen molar-refractivity contribution in [3.63, 3.8) is 0 Å². The van der Waals surface area contributed by atoms with E-state index in [1.54, 1.807) is 11.8 Å². The summed E-state index contributed by atoms with van der Waals surface area (Å²) < 4.78 is 10.6. The number of benzene rings is 1. The molecule has 0 aromatic heterocycles. The number of aliphatic hydroxyl groups excluding tert-OH is 1. The summed E-state index contributed by atoms with van der Waals surface area (Å²) in [7, 11) is 0. The van der Waals surface area contributed by atoms with Gasteiger partial charge in [0.1, 0.15) is 5.60 Å². The molecule has 1 aromatic rings. The van der Waals surface area contributed by atoms with E-state index in [9.17, 15) is 14.7 Å². The molecule has 1 fully saturated rings. The fourth-order valence-corrected chi connectivity index (χ4v) is 3.42. The molecule has 0 bridgehead atoms. The van der Waals surface area contributed by atoms with Crippen LogP contribution in [0.4, 0.5) is 4.79 Å². The zero-order valence-electron chi connectivity index (χ0n) is 16.7. The maximum Gasteiger partial charge on any atom is 0.410 e. The molecular weight excluding hydrogens is 346 g/mol. The highest BCUT2D eigenvalue weighted by Crippen LogP contribution is 2.33. The fourth-order valence-electron chi connectivity index (χ4n) is 3.42. The highest BCUT2D eigenvalue weighted by atomic mass is 16.6. The highest BCUT2D eigenvalue weighted by molar-refractivity contribution is 5.71. The number of piperidine rings is 1. The van der Waals surface area contributed by atoms with Gasteiger partial charge in [-0.1, -0.05) is 24.3 Å². The van der Waals surface area contributed by atoms with E-state index in [2.05, 4.69) is 0 Å². The molecule has 0 radical (unpaired) electrons. The first-order chi connectivity index (χ1) is 12.7. The second-order valence-corrected chi connectivity index (χ2v) is 8.09. The Labute approximate surface area is 161 Å². The van der Waals surface area contributed by atoms with Crippen molar-refractivity contribution < 1.29 is 24.2 Å². The van der Waals surface area contributed by atoms with Crippen LogP contribution in [0.15, 0.2) is 24.3 Å². The average Bonchev–Trinajstić information content (AvgIpc) is 2.60. The molecule has 0 spiro atoms. The standard InChI is InChI=1S/C21H31NO5/c1-5-26-19(24)11-16-10-18(17-8-6-15(14-23)7-9-17)13-22(12-16)20(25)27-21(2,3)4/h6-9,16,18,23H,5,10-14H2,1-4H3. The summed E-state index contributed by atoms with van der Waals surface area (Å²) in [4.78, 5) is 26.3. The van der Waals surface area contributed by atoms with Crippen LogP contribution in [0, 0.1) is 5.92 Å². The molecule has 0 saturated carbocycles. The lowest BCUT2D eigenvalue weighted by molar-refractivity contribution is -0.144. The number of likely N-dealkylation sites (tertiary alicyclic amines) is 1. The molecular formula is C21H31NO5. The average molecular weight is 377 g/mol. The third-order valence-electron chi connectivity index (χ3n) is 4.58. The predicted octanol–water partition coefficient (Wildman–Crippen LogP) is 3.47. The molecule has 150 valence electrons. The van der Waals surface area contributed by atoms with Crippen LogP contribution < -0.4 is 0 Å².